The lowest BCUT2D eigenvalue weighted by Gasteiger charge is -2.21. The highest BCUT2D eigenvalue weighted by atomic mass is 19.1. The number of hydrogen-bond donors (Lipinski definition) is 2. The van der Waals surface area contributed by atoms with E-state index in [1.165, 1.54) is 6.08 Å². The Labute approximate surface area is 207 Å². The van der Waals surface area contributed by atoms with Crippen molar-refractivity contribution in [2.45, 2.75) is 78.2 Å². The summed E-state index contributed by atoms with van der Waals surface area (Å²) in [7, 11) is 1.77. The zero-order valence-corrected chi connectivity index (χ0v) is 21.5. The average Bonchev–Trinajstić information content (AvgIpc) is 3.21. The molecule has 0 radical (unpaired) electrons. The standard InChI is InChI=1S/C27H38FN5O2/c1-6-7-13-20(14-12-17-28)24-23(21-16-18-30-26(29-5)31-21)32-25(27(2,3)4)33(24)19-11-9-8-10-15-22(34)35/h7,12-14,16-18H,6,8-11,15,19H2,1-5H3,(H,34,35)(H,29,30,31)/b13-7-,17-12+,20-14+. The van der Waals surface area contributed by atoms with Crippen LogP contribution in [0.1, 0.15) is 77.7 Å². The number of allylic oxidation sites excluding steroid dienone is 5. The molecule has 0 bridgehead atoms. The molecule has 35 heavy (non-hydrogen) atoms. The molecule has 0 atom stereocenters. The van der Waals surface area contributed by atoms with E-state index in [0.717, 1.165) is 48.5 Å². The van der Waals surface area contributed by atoms with Gasteiger partial charge in [0.2, 0.25) is 5.95 Å². The molecule has 0 fully saturated rings. The number of imidazole rings is 1. The Morgan fingerprint density at radius 1 is 1.20 bits per heavy atom. The first-order valence-electron chi connectivity index (χ1n) is 12.2. The van der Waals surface area contributed by atoms with Gasteiger partial charge in [-0.05, 0) is 31.4 Å². The Bertz CT molecular complexity index is 1060. The Morgan fingerprint density at radius 3 is 2.57 bits per heavy atom. The highest BCUT2D eigenvalue weighted by Gasteiger charge is 2.28. The number of anilines is 1. The topological polar surface area (TPSA) is 92.9 Å². The Morgan fingerprint density at radius 2 is 1.94 bits per heavy atom. The summed E-state index contributed by atoms with van der Waals surface area (Å²) in [6.07, 6.45) is 13.7. The highest BCUT2D eigenvalue weighted by Crippen LogP contribution is 2.35. The molecule has 0 aliphatic rings. The van der Waals surface area contributed by atoms with Gasteiger partial charge in [-0.1, -0.05) is 58.8 Å². The first-order valence-corrected chi connectivity index (χ1v) is 12.2. The zero-order chi connectivity index (χ0) is 25.8. The molecule has 2 aromatic rings. The van der Waals surface area contributed by atoms with Gasteiger partial charge in [0, 0.05) is 37.2 Å². The van der Waals surface area contributed by atoms with Crippen molar-refractivity contribution in [2.24, 2.45) is 0 Å². The van der Waals surface area contributed by atoms with Crippen LogP contribution in [-0.4, -0.2) is 37.6 Å². The van der Waals surface area contributed by atoms with Crippen molar-refractivity contribution in [3.63, 3.8) is 0 Å². The van der Waals surface area contributed by atoms with Crippen LogP contribution < -0.4 is 5.32 Å². The van der Waals surface area contributed by atoms with E-state index in [4.69, 9.17) is 10.1 Å². The minimum Gasteiger partial charge on any atom is -0.481 e. The van der Waals surface area contributed by atoms with Gasteiger partial charge in [0.1, 0.15) is 11.5 Å². The average molecular weight is 484 g/mol. The van der Waals surface area contributed by atoms with E-state index in [9.17, 15) is 9.18 Å². The summed E-state index contributed by atoms with van der Waals surface area (Å²) in [5.74, 6) is 0.653. The Balaban J connectivity index is 2.64. The summed E-state index contributed by atoms with van der Waals surface area (Å²) in [5.41, 5.74) is 2.88. The minimum absolute atomic E-state index is 0.194. The van der Waals surface area contributed by atoms with E-state index in [1.807, 2.05) is 18.2 Å². The number of aliphatic carboxylic acids is 1. The summed E-state index contributed by atoms with van der Waals surface area (Å²) in [6, 6.07) is 1.83. The van der Waals surface area contributed by atoms with Crippen LogP contribution in [0.2, 0.25) is 0 Å². The lowest BCUT2D eigenvalue weighted by Crippen LogP contribution is -2.20. The zero-order valence-electron chi connectivity index (χ0n) is 21.5. The fourth-order valence-corrected chi connectivity index (χ4v) is 3.82. The fraction of sp³-hybridized carbons (Fsp3) is 0.481. The van der Waals surface area contributed by atoms with Crippen LogP contribution in [0.5, 0.6) is 0 Å². The molecule has 0 amide bonds. The number of aromatic nitrogens is 4. The molecule has 8 heteroatoms. The molecular weight excluding hydrogens is 445 g/mol. The lowest BCUT2D eigenvalue weighted by molar-refractivity contribution is -0.137. The lowest BCUT2D eigenvalue weighted by atomic mass is 9.95. The van der Waals surface area contributed by atoms with Crippen LogP contribution in [0.3, 0.4) is 0 Å². The second-order valence-electron chi connectivity index (χ2n) is 9.36. The van der Waals surface area contributed by atoms with E-state index >= 15 is 0 Å². The molecule has 0 aromatic carbocycles. The molecule has 0 unspecified atom stereocenters. The Hall–Kier alpha value is -3.29. The van der Waals surface area contributed by atoms with E-state index in [1.54, 1.807) is 19.3 Å². The van der Waals surface area contributed by atoms with Gasteiger partial charge in [-0.2, -0.15) is 0 Å². The second kappa shape index (κ2) is 13.6. The number of carbonyl (C=O) groups is 1. The van der Waals surface area contributed by atoms with E-state index in [-0.39, 0.29) is 11.8 Å². The van der Waals surface area contributed by atoms with Crippen molar-refractivity contribution in [2.75, 3.05) is 12.4 Å². The van der Waals surface area contributed by atoms with Crippen molar-refractivity contribution in [3.8, 4) is 11.4 Å². The van der Waals surface area contributed by atoms with E-state index in [2.05, 4.69) is 47.5 Å². The number of halogens is 1. The maximum absolute atomic E-state index is 13.0. The summed E-state index contributed by atoms with van der Waals surface area (Å²) < 4.78 is 15.3. The summed E-state index contributed by atoms with van der Waals surface area (Å²) in [6.45, 7) is 9.13. The third-order valence-corrected chi connectivity index (χ3v) is 5.44. The number of carboxylic acids is 1. The third-order valence-electron chi connectivity index (χ3n) is 5.44. The molecule has 0 aliphatic carbocycles. The van der Waals surface area contributed by atoms with E-state index in [0.29, 0.717) is 30.9 Å². The predicted octanol–water partition coefficient (Wildman–Crippen LogP) is 6.55. The summed E-state index contributed by atoms with van der Waals surface area (Å²) in [4.78, 5) is 24.8. The molecular formula is C27H38FN5O2. The van der Waals surface area contributed by atoms with Crippen molar-refractivity contribution < 1.29 is 14.3 Å². The quantitative estimate of drug-likeness (QED) is 0.248. The molecule has 0 aliphatic heterocycles. The summed E-state index contributed by atoms with van der Waals surface area (Å²) in [5, 5.41) is 11.9. The first kappa shape index (κ1) is 28.0. The largest absolute Gasteiger partial charge is 0.481 e. The first-order chi connectivity index (χ1) is 16.7. The second-order valence-corrected chi connectivity index (χ2v) is 9.36. The maximum Gasteiger partial charge on any atom is 0.303 e. The number of unbranched alkanes of at least 4 members (excludes halogenated alkanes) is 3. The molecule has 190 valence electrons. The minimum atomic E-state index is -0.759. The van der Waals surface area contributed by atoms with Crippen molar-refractivity contribution in [1.29, 1.82) is 0 Å². The van der Waals surface area contributed by atoms with Gasteiger partial charge in [0.15, 0.2) is 0 Å². The van der Waals surface area contributed by atoms with Crippen molar-refractivity contribution in [1.82, 2.24) is 19.5 Å². The van der Waals surface area contributed by atoms with Gasteiger partial charge >= 0.3 is 5.97 Å². The number of nitrogens with one attached hydrogen (secondary N) is 1. The number of nitrogens with zero attached hydrogens (tertiary/aromatic N) is 4. The third kappa shape index (κ3) is 8.16. The Kier molecular flexibility index (Phi) is 10.8. The van der Waals surface area contributed by atoms with E-state index < -0.39 is 5.97 Å². The molecule has 0 saturated heterocycles. The predicted molar refractivity (Wildman–Crippen MR) is 140 cm³/mol. The van der Waals surface area contributed by atoms with Crippen molar-refractivity contribution >= 4 is 17.5 Å². The highest BCUT2D eigenvalue weighted by molar-refractivity contribution is 5.82. The normalized spacial score (nSPS) is 12.7. The van der Waals surface area contributed by atoms with Gasteiger partial charge in [-0.15, -0.1) is 0 Å². The molecule has 2 heterocycles. The SMILES string of the molecule is CC\C=C/C(=C\C=C\F)c1c(-c2ccnc(NC)n2)nc(C(C)(C)C)n1CCCCCCC(=O)O. The van der Waals surface area contributed by atoms with Gasteiger partial charge in [-0.3, -0.25) is 4.79 Å². The van der Waals surface area contributed by atoms with Crippen LogP contribution in [0.15, 0.2) is 42.9 Å². The molecule has 2 N–H and O–H groups in total. The number of carboxylic acid groups (broad SMARTS) is 1. The monoisotopic (exact) mass is 483 g/mol. The van der Waals surface area contributed by atoms with Crippen LogP contribution in [0.25, 0.3) is 17.0 Å². The molecule has 2 rings (SSSR count). The maximum atomic E-state index is 13.0. The van der Waals surface area contributed by atoms with Crippen LogP contribution in [0.4, 0.5) is 10.3 Å². The van der Waals surface area contributed by atoms with Crippen molar-refractivity contribution in [3.05, 3.63) is 54.4 Å². The fourth-order valence-electron chi connectivity index (χ4n) is 3.82. The molecule has 0 spiro atoms. The van der Waals surface area contributed by atoms with Crippen LogP contribution in [-0.2, 0) is 16.8 Å². The van der Waals surface area contributed by atoms with Gasteiger partial charge in [0.05, 0.1) is 17.7 Å². The summed E-state index contributed by atoms with van der Waals surface area (Å²) >= 11 is 0. The molecule has 2 aromatic heterocycles. The number of rotatable bonds is 13. The molecule has 7 nitrogen and oxygen atoms in total. The van der Waals surface area contributed by atoms with Gasteiger partial charge in [-0.25, -0.2) is 19.3 Å². The van der Waals surface area contributed by atoms with Crippen LogP contribution in [0, 0.1) is 0 Å². The number of hydrogen-bond acceptors (Lipinski definition) is 5. The molecule has 0 saturated carbocycles. The smallest absolute Gasteiger partial charge is 0.303 e. The van der Waals surface area contributed by atoms with Crippen LogP contribution >= 0.6 is 0 Å². The van der Waals surface area contributed by atoms with Gasteiger partial charge in [0.25, 0.3) is 0 Å². The van der Waals surface area contributed by atoms with Gasteiger partial charge < -0.3 is 15.0 Å².